The number of nitrogens with zero attached hydrogens (tertiary/aromatic N) is 2. The normalized spacial score (nSPS) is 11.4. The van der Waals surface area contributed by atoms with Gasteiger partial charge in [0.2, 0.25) is 0 Å². The molecule has 0 bridgehead atoms. The van der Waals surface area contributed by atoms with Gasteiger partial charge < -0.3 is 10.6 Å². The average molecular weight is 282 g/mol. The van der Waals surface area contributed by atoms with Crippen molar-refractivity contribution in [3.8, 4) is 0 Å². The summed E-state index contributed by atoms with van der Waals surface area (Å²) in [5.74, 6) is 1.88. The van der Waals surface area contributed by atoms with E-state index in [-0.39, 0.29) is 4.75 Å². The highest BCUT2D eigenvalue weighted by molar-refractivity contribution is 8.00. The Morgan fingerprint density at radius 2 is 1.79 bits per heavy atom. The second-order valence-electron chi connectivity index (χ2n) is 4.60. The van der Waals surface area contributed by atoms with Gasteiger partial charge in [0.1, 0.15) is 18.0 Å². The van der Waals surface area contributed by atoms with Crippen molar-refractivity contribution in [1.82, 2.24) is 9.97 Å². The molecule has 19 heavy (non-hydrogen) atoms. The first-order chi connectivity index (χ1) is 9.16. The Labute approximate surface area is 121 Å². The molecule has 1 heterocycles. The van der Waals surface area contributed by atoms with Gasteiger partial charge in [-0.15, -0.1) is 0 Å². The number of rotatable bonds is 8. The third-order valence-electron chi connectivity index (χ3n) is 3.84. The lowest BCUT2D eigenvalue weighted by Crippen LogP contribution is -2.32. The summed E-state index contributed by atoms with van der Waals surface area (Å²) >= 11 is 1.94. The Hall–Kier alpha value is -0.970. The molecule has 108 valence electrons. The minimum atomic E-state index is 0.287. The van der Waals surface area contributed by atoms with Crippen molar-refractivity contribution < 1.29 is 0 Å². The number of thioether (sulfide) groups is 1. The summed E-state index contributed by atoms with van der Waals surface area (Å²) in [6.07, 6.45) is 7.04. The molecule has 1 aromatic heterocycles. The molecule has 0 unspecified atom stereocenters. The molecule has 0 atom stereocenters. The van der Waals surface area contributed by atoms with E-state index in [1.54, 1.807) is 6.33 Å². The molecule has 0 radical (unpaired) electrons. The standard InChI is InChI=1S/C14H26N4S/c1-6-11-12(15-4)17-10-18-13(11)16-9-14(7-2,8-3)19-5/h10H,6-9H2,1-5H3,(H2,15,16,17,18). The fourth-order valence-electron chi connectivity index (χ4n) is 2.22. The van der Waals surface area contributed by atoms with Gasteiger partial charge in [0.25, 0.3) is 0 Å². The zero-order chi connectivity index (χ0) is 14.3. The third-order valence-corrected chi connectivity index (χ3v) is 5.42. The molecular formula is C14H26N4S. The summed E-state index contributed by atoms with van der Waals surface area (Å²) in [5.41, 5.74) is 1.16. The molecule has 5 heteroatoms. The van der Waals surface area contributed by atoms with Gasteiger partial charge in [0, 0.05) is 23.9 Å². The van der Waals surface area contributed by atoms with E-state index in [2.05, 4.69) is 47.6 Å². The van der Waals surface area contributed by atoms with Gasteiger partial charge >= 0.3 is 0 Å². The predicted octanol–water partition coefficient (Wildman–Crippen LogP) is 3.41. The lowest BCUT2D eigenvalue weighted by Gasteiger charge is -2.30. The van der Waals surface area contributed by atoms with Crippen LogP contribution in [0.3, 0.4) is 0 Å². The summed E-state index contributed by atoms with van der Waals surface area (Å²) < 4.78 is 0.287. The second kappa shape index (κ2) is 7.58. The maximum Gasteiger partial charge on any atom is 0.134 e. The first-order valence-corrected chi connectivity index (χ1v) is 8.19. The van der Waals surface area contributed by atoms with Crippen LogP contribution in [0.25, 0.3) is 0 Å². The molecule has 0 saturated carbocycles. The third kappa shape index (κ3) is 3.75. The Morgan fingerprint density at radius 3 is 2.26 bits per heavy atom. The summed E-state index contributed by atoms with van der Waals surface area (Å²) in [7, 11) is 1.90. The topological polar surface area (TPSA) is 49.8 Å². The highest BCUT2D eigenvalue weighted by Gasteiger charge is 2.25. The van der Waals surface area contributed by atoms with Gasteiger partial charge in [-0.3, -0.25) is 0 Å². The number of nitrogens with one attached hydrogen (secondary N) is 2. The first kappa shape index (κ1) is 16.1. The van der Waals surface area contributed by atoms with Gasteiger partial charge in [-0.2, -0.15) is 11.8 Å². The van der Waals surface area contributed by atoms with E-state index >= 15 is 0 Å². The molecule has 1 rings (SSSR count). The van der Waals surface area contributed by atoms with Crippen LogP contribution in [0.2, 0.25) is 0 Å². The molecule has 0 aliphatic rings. The molecule has 0 fully saturated rings. The van der Waals surface area contributed by atoms with Crippen molar-refractivity contribution >= 4 is 23.4 Å². The van der Waals surface area contributed by atoms with Crippen LogP contribution < -0.4 is 10.6 Å². The molecule has 0 aliphatic heterocycles. The molecule has 0 saturated heterocycles. The summed E-state index contributed by atoms with van der Waals surface area (Å²) in [6.45, 7) is 7.57. The van der Waals surface area contributed by atoms with Gasteiger partial charge in [0.05, 0.1) is 0 Å². The molecule has 0 amide bonds. The zero-order valence-corrected chi connectivity index (χ0v) is 13.5. The van der Waals surface area contributed by atoms with Crippen LogP contribution in [-0.2, 0) is 6.42 Å². The Bertz CT molecular complexity index is 383. The monoisotopic (exact) mass is 282 g/mol. The van der Waals surface area contributed by atoms with E-state index in [9.17, 15) is 0 Å². The average Bonchev–Trinajstić information content (AvgIpc) is 2.48. The zero-order valence-electron chi connectivity index (χ0n) is 12.7. The quantitative estimate of drug-likeness (QED) is 0.765. The summed E-state index contributed by atoms with van der Waals surface area (Å²) in [4.78, 5) is 8.66. The Morgan fingerprint density at radius 1 is 1.16 bits per heavy atom. The van der Waals surface area contributed by atoms with Crippen LogP contribution >= 0.6 is 11.8 Å². The summed E-state index contributed by atoms with van der Waals surface area (Å²) in [5, 5.41) is 6.65. The van der Waals surface area contributed by atoms with Gasteiger partial charge in [-0.1, -0.05) is 20.8 Å². The van der Waals surface area contributed by atoms with E-state index in [0.29, 0.717) is 0 Å². The number of anilines is 2. The smallest absolute Gasteiger partial charge is 0.134 e. The van der Waals surface area contributed by atoms with Crippen molar-refractivity contribution in [2.75, 3.05) is 30.5 Å². The van der Waals surface area contributed by atoms with E-state index < -0.39 is 0 Å². The maximum atomic E-state index is 4.39. The van der Waals surface area contributed by atoms with Gasteiger partial charge in [-0.05, 0) is 25.5 Å². The minimum absolute atomic E-state index is 0.287. The molecular weight excluding hydrogens is 256 g/mol. The maximum absolute atomic E-state index is 4.39. The molecule has 1 aromatic rings. The van der Waals surface area contributed by atoms with Gasteiger partial charge in [0.15, 0.2) is 0 Å². The molecule has 0 aliphatic carbocycles. The Kier molecular flexibility index (Phi) is 6.42. The van der Waals surface area contributed by atoms with Crippen molar-refractivity contribution in [1.29, 1.82) is 0 Å². The predicted molar refractivity (Wildman–Crippen MR) is 86.3 cm³/mol. The fourth-order valence-corrected chi connectivity index (χ4v) is 3.01. The van der Waals surface area contributed by atoms with Crippen molar-refractivity contribution in [2.45, 2.75) is 44.8 Å². The highest BCUT2D eigenvalue weighted by Crippen LogP contribution is 2.31. The van der Waals surface area contributed by atoms with Crippen LogP contribution in [0.5, 0.6) is 0 Å². The van der Waals surface area contributed by atoms with Crippen molar-refractivity contribution in [3.63, 3.8) is 0 Å². The number of aromatic nitrogens is 2. The van der Waals surface area contributed by atoms with Crippen LogP contribution in [0.4, 0.5) is 11.6 Å². The van der Waals surface area contributed by atoms with Crippen LogP contribution in [0.1, 0.15) is 39.2 Å². The fraction of sp³-hybridized carbons (Fsp3) is 0.714. The van der Waals surface area contributed by atoms with E-state index in [1.807, 2.05) is 18.8 Å². The van der Waals surface area contributed by atoms with Crippen molar-refractivity contribution in [3.05, 3.63) is 11.9 Å². The largest absolute Gasteiger partial charge is 0.373 e. The lowest BCUT2D eigenvalue weighted by molar-refractivity contribution is 0.573. The van der Waals surface area contributed by atoms with Crippen LogP contribution in [-0.4, -0.2) is 34.6 Å². The number of hydrogen-bond acceptors (Lipinski definition) is 5. The van der Waals surface area contributed by atoms with Crippen molar-refractivity contribution in [2.24, 2.45) is 0 Å². The number of hydrogen-bond donors (Lipinski definition) is 2. The van der Waals surface area contributed by atoms with E-state index in [4.69, 9.17) is 0 Å². The minimum Gasteiger partial charge on any atom is -0.373 e. The SMILES string of the molecule is CCc1c(NC)ncnc1NCC(CC)(CC)SC. The Balaban J connectivity index is 2.88. The summed E-state index contributed by atoms with van der Waals surface area (Å²) in [6, 6.07) is 0. The molecule has 0 spiro atoms. The van der Waals surface area contributed by atoms with Crippen LogP contribution in [0, 0.1) is 0 Å². The van der Waals surface area contributed by atoms with E-state index in [0.717, 1.165) is 43.0 Å². The second-order valence-corrected chi connectivity index (χ2v) is 5.88. The van der Waals surface area contributed by atoms with Crippen LogP contribution in [0.15, 0.2) is 6.33 Å². The highest BCUT2D eigenvalue weighted by atomic mass is 32.2. The first-order valence-electron chi connectivity index (χ1n) is 6.97. The molecule has 2 N–H and O–H groups in total. The molecule has 4 nitrogen and oxygen atoms in total. The van der Waals surface area contributed by atoms with Gasteiger partial charge in [-0.25, -0.2) is 9.97 Å². The lowest BCUT2D eigenvalue weighted by atomic mass is 10.0. The molecule has 0 aromatic carbocycles. The van der Waals surface area contributed by atoms with E-state index in [1.165, 1.54) is 0 Å².